The number of hydrogen-bond acceptors (Lipinski definition) is 2. The molecule has 0 unspecified atom stereocenters. The number of rotatable bonds is 3. The van der Waals surface area contributed by atoms with Gasteiger partial charge in [0.05, 0.1) is 12.1 Å². The highest BCUT2D eigenvalue weighted by molar-refractivity contribution is 5.93. The Kier molecular flexibility index (Phi) is 5.14. The lowest BCUT2D eigenvalue weighted by atomic mass is 10.1. The average molecular weight is 279 g/mol. The van der Waals surface area contributed by atoms with E-state index in [0.717, 1.165) is 5.56 Å². The number of hydrogen-bond donors (Lipinski definition) is 2. The van der Waals surface area contributed by atoms with E-state index in [1.165, 1.54) is 5.56 Å². The quantitative estimate of drug-likeness (QED) is 0.848. The van der Waals surface area contributed by atoms with E-state index in [4.69, 9.17) is 5.11 Å². The van der Waals surface area contributed by atoms with Crippen LogP contribution in [0.2, 0.25) is 0 Å². The highest BCUT2D eigenvalue weighted by Crippen LogP contribution is 2.14. The topological polar surface area (TPSA) is 49.3 Å². The fraction of sp³-hybridized carbons (Fsp3) is 0.167. The van der Waals surface area contributed by atoms with Crippen molar-refractivity contribution in [1.29, 1.82) is 0 Å². The number of carbonyl (C=O) groups excluding carboxylic acids is 1. The van der Waals surface area contributed by atoms with Crippen LogP contribution in [0.1, 0.15) is 16.7 Å². The summed E-state index contributed by atoms with van der Waals surface area (Å²) in [7, 11) is 0. The van der Waals surface area contributed by atoms with Gasteiger partial charge in [0.2, 0.25) is 5.91 Å². The monoisotopic (exact) mass is 279 g/mol. The van der Waals surface area contributed by atoms with E-state index in [2.05, 4.69) is 17.2 Å². The molecule has 0 spiro atoms. The van der Waals surface area contributed by atoms with Gasteiger partial charge in [0.15, 0.2) is 0 Å². The third-order valence-electron chi connectivity index (χ3n) is 2.99. The molecule has 2 N–H and O–H groups in total. The Hall–Kier alpha value is -2.57. The molecule has 21 heavy (non-hydrogen) atoms. The molecular weight excluding hydrogens is 262 g/mol. The van der Waals surface area contributed by atoms with E-state index in [-0.39, 0.29) is 12.5 Å². The molecule has 0 bridgehead atoms. The van der Waals surface area contributed by atoms with Gasteiger partial charge in [0.25, 0.3) is 0 Å². The first-order valence-electron chi connectivity index (χ1n) is 6.73. The maximum atomic E-state index is 12.1. The summed E-state index contributed by atoms with van der Waals surface area (Å²) in [6, 6.07) is 15.2. The van der Waals surface area contributed by atoms with Gasteiger partial charge in [0.1, 0.15) is 6.61 Å². The highest BCUT2D eigenvalue weighted by atomic mass is 16.2. The molecule has 0 aliphatic rings. The van der Waals surface area contributed by atoms with E-state index in [1.54, 1.807) is 6.07 Å². The number of anilines is 1. The van der Waals surface area contributed by atoms with Crippen molar-refractivity contribution >= 4 is 11.6 Å². The molecular formula is C18H17NO2. The number of carbonyl (C=O) groups is 1. The van der Waals surface area contributed by atoms with Crippen molar-refractivity contribution in [2.75, 3.05) is 11.9 Å². The average Bonchev–Trinajstić information content (AvgIpc) is 2.49. The van der Waals surface area contributed by atoms with Crippen LogP contribution in [0.4, 0.5) is 5.69 Å². The van der Waals surface area contributed by atoms with E-state index in [0.29, 0.717) is 17.7 Å². The summed E-state index contributed by atoms with van der Waals surface area (Å²) in [5, 5.41) is 11.6. The summed E-state index contributed by atoms with van der Waals surface area (Å²) in [5.74, 6) is 5.33. The summed E-state index contributed by atoms with van der Waals surface area (Å²) >= 11 is 0. The van der Waals surface area contributed by atoms with Crippen molar-refractivity contribution in [1.82, 2.24) is 0 Å². The SMILES string of the molecule is Cc1ccc(CC(=O)Nc2ccccc2C#CCO)cc1. The Bertz CT molecular complexity index is 678. The van der Waals surface area contributed by atoms with Crippen LogP contribution in [-0.4, -0.2) is 17.6 Å². The van der Waals surface area contributed by atoms with E-state index < -0.39 is 0 Å². The zero-order chi connectivity index (χ0) is 15.1. The number of aliphatic hydroxyl groups is 1. The van der Waals surface area contributed by atoms with Crippen LogP contribution in [-0.2, 0) is 11.2 Å². The normalized spacial score (nSPS) is 9.62. The Morgan fingerprint density at radius 2 is 1.86 bits per heavy atom. The Labute approximate surface area is 124 Å². The summed E-state index contributed by atoms with van der Waals surface area (Å²) in [6.45, 7) is 1.81. The number of para-hydroxylation sites is 1. The first-order chi connectivity index (χ1) is 10.2. The van der Waals surface area contributed by atoms with Gasteiger partial charge in [-0.2, -0.15) is 0 Å². The van der Waals surface area contributed by atoms with Gasteiger partial charge in [-0.15, -0.1) is 0 Å². The van der Waals surface area contributed by atoms with Gasteiger partial charge in [-0.1, -0.05) is 53.8 Å². The summed E-state index contributed by atoms with van der Waals surface area (Å²) in [5.41, 5.74) is 3.50. The highest BCUT2D eigenvalue weighted by Gasteiger charge is 2.06. The first kappa shape index (κ1) is 14.8. The van der Waals surface area contributed by atoms with Crippen LogP contribution in [0.5, 0.6) is 0 Å². The Morgan fingerprint density at radius 3 is 2.57 bits per heavy atom. The molecule has 0 saturated carbocycles. The largest absolute Gasteiger partial charge is 0.384 e. The molecule has 0 aliphatic carbocycles. The predicted molar refractivity (Wildman–Crippen MR) is 83.9 cm³/mol. The van der Waals surface area contributed by atoms with E-state index >= 15 is 0 Å². The van der Waals surface area contributed by atoms with E-state index in [1.807, 2.05) is 49.4 Å². The van der Waals surface area contributed by atoms with Crippen LogP contribution in [0.3, 0.4) is 0 Å². The molecule has 106 valence electrons. The molecule has 0 radical (unpaired) electrons. The zero-order valence-corrected chi connectivity index (χ0v) is 11.9. The molecule has 0 heterocycles. The number of nitrogens with one attached hydrogen (secondary N) is 1. The van der Waals surface area contributed by atoms with Gasteiger partial charge in [-0.25, -0.2) is 0 Å². The molecule has 0 aromatic heterocycles. The maximum absolute atomic E-state index is 12.1. The van der Waals surface area contributed by atoms with Crippen molar-refractivity contribution < 1.29 is 9.90 Å². The molecule has 1 amide bonds. The predicted octanol–water partition coefficient (Wildman–Crippen LogP) is 2.52. The Morgan fingerprint density at radius 1 is 1.14 bits per heavy atom. The van der Waals surface area contributed by atoms with Crippen LogP contribution in [0, 0.1) is 18.8 Å². The van der Waals surface area contributed by atoms with Crippen LogP contribution in [0.25, 0.3) is 0 Å². The number of amides is 1. The lowest BCUT2D eigenvalue weighted by Crippen LogP contribution is -2.15. The van der Waals surface area contributed by atoms with Gasteiger partial charge >= 0.3 is 0 Å². The summed E-state index contributed by atoms with van der Waals surface area (Å²) < 4.78 is 0. The van der Waals surface area contributed by atoms with Gasteiger partial charge in [-0.3, -0.25) is 4.79 Å². The fourth-order valence-corrected chi connectivity index (χ4v) is 1.92. The van der Waals surface area contributed by atoms with Crippen molar-refractivity contribution in [3.63, 3.8) is 0 Å². The minimum Gasteiger partial charge on any atom is -0.384 e. The fourth-order valence-electron chi connectivity index (χ4n) is 1.92. The maximum Gasteiger partial charge on any atom is 0.228 e. The Balaban J connectivity index is 2.07. The molecule has 3 heteroatoms. The molecule has 0 atom stereocenters. The van der Waals surface area contributed by atoms with Crippen molar-refractivity contribution in [2.24, 2.45) is 0 Å². The third kappa shape index (κ3) is 4.48. The van der Waals surface area contributed by atoms with E-state index in [9.17, 15) is 4.79 Å². The summed E-state index contributed by atoms with van der Waals surface area (Å²) in [4.78, 5) is 12.1. The van der Waals surface area contributed by atoms with Gasteiger partial charge < -0.3 is 10.4 Å². The van der Waals surface area contributed by atoms with Gasteiger partial charge in [0, 0.05) is 5.56 Å². The molecule has 3 nitrogen and oxygen atoms in total. The third-order valence-corrected chi connectivity index (χ3v) is 2.99. The number of aliphatic hydroxyl groups excluding tert-OH is 1. The standard InChI is InChI=1S/C18H17NO2/c1-14-8-10-15(11-9-14)13-18(21)19-17-7-3-2-5-16(17)6-4-12-20/h2-3,5,7-11,20H,12-13H2,1H3,(H,19,21). The zero-order valence-electron chi connectivity index (χ0n) is 11.9. The molecule has 2 aromatic carbocycles. The first-order valence-corrected chi connectivity index (χ1v) is 6.73. The summed E-state index contributed by atoms with van der Waals surface area (Å²) in [6.07, 6.45) is 0.321. The molecule has 2 rings (SSSR count). The second kappa shape index (κ2) is 7.28. The van der Waals surface area contributed by atoms with Crippen LogP contribution in [0.15, 0.2) is 48.5 Å². The second-order valence-electron chi connectivity index (χ2n) is 4.72. The molecule has 0 aliphatic heterocycles. The van der Waals surface area contributed by atoms with Crippen LogP contribution >= 0.6 is 0 Å². The minimum atomic E-state index is -0.203. The van der Waals surface area contributed by atoms with Crippen molar-refractivity contribution in [2.45, 2.75) is 13.3 Å². The molecule has 0 fully saturated rings. The van der Waals surface area contributed by atoms with Gasteiger partial charge in [-0.05, 0) is 24.6 Å². The van der Waals surface area contributed by atoms with Crippen molar-refractivity contribution in [3.05, 3.63) is 65.2 Å². The minimum absolute atomic E-state index is 0.0860. The lowest BCUT2D eigenvalue weighted by Gasteiger charge is -2.07. The van der Waals surface area contributed by atoms with Crippen LogP contribution < -0.4 is 5.32 Å². The number of benzene rings is 2. The second-order valence-corrected chi connectivity index (χ2v) is 4.72. The lowest BCUT2D eigenvalue weighted by molar-refractivity contribution is -0.115. The molecule has 2 aromatic rings. The molecule has 0 saturated heterocycles. The van der Waals surface area contributed by atoms with Crippen molar-refractivity contribution in [3.8, 4) is 11.8 Å². The number of aryl methyl sites for hydroxylation is 1. The smallest absolute Gasteiger partial charge is 0.228 e.